The molecule has 0 radical (unpaired) electrons. The van der Waals surface area contributed by atoms with E-state index in [1.165, 1.54) is 6.07 Å². The zero-order valence-corrected chi connectivity index (χ0v) is 12.8. The van der Waals surface area contributed by atoms with Crippen molar-refractivity contribution in [3.8, 4) is 5.75 Å². The second-order valence-electron chi connectivity index (χ2n) is 4.59. The molecule has 0 aliphatic heterocycles. The van der Waals surface area contributed by atoms with Crippen molar-refractivity contribution in [1.29, 1.82) is 0 Å². The van der Waals surface area contributed by atoms with Crippen molar-refractivity contribution in [3.63, 3.8) is 0 Å². The van der Waals surface area contributed by atoms with Gasteiger partial charge in [-0.2, -0.15) is 0 Å². The van der Waals surface area contributed by atoms with Gasteiger partial charge in [-0.3, -0.25) is 4.79 Å². The Hall–Kier alpha value is -1.78. The standard InChI is InChI=1S/C16H19ClN2O2/c1-2-18-12-13-6-5-7-14(17)16(13)21-11-10-19-9-4-3-8-15(19)20/h3-9,18H,2,10-12H2,1H3. The van der Waals surface area contributed by atoms with E-state index < -0.39 is 0 Å². The van der Waals surface area contributed by atoms with E-state index >= 15 is 0 Å². The molecule has 4 nitrogen and oxygen atoms in total. The molecule has 1 N–H and O–H groups in total. The molecule has 0 aliphatic carbocycles. The van der Waals surface area contributed by atoms with Crippen molar-refractivity contribution in [2.45, 2.75) is 20.0 Å². The third-order valence-corrected chi connectivity index (χ3v) is 3.39. The number of hydrogen-bond acceptors (Lipinski definition) is 3. The van der Waals surface area contributed by atoms with Gasteiger partial charge in [-0.25, -0.2) is 0 Å². The van der Waals surface area contributed by atoms with Gasteiger partial charge in [-0.15, -0.1) is 0 Å². The third kappa shape index (κ3) is 4.34. The highest BCUT2D eigenvalue weighted by Gasteiger charge is 2.08. The molecule has 0 aliphatic rings. The minimum absolute atomic E-state index is 0.0341. The summed E-state index contributed by atoms with van der Waals surface area (Å²) in [7, 11) is 0. The fraction of sp³-hybridized carbons (Fsp3) is 0.312. The summed E-state index contributed by atoms with van der Waals surface area (Å²) in [6.45, 7) is 4.52. The summed E-state index contributed by atoms with van der Waals surface area (Å²) in [4.78, 5) is 11.6. The van der Waals surface area contributed by atoms with Crippen molar-refractivity contribution >= 4 is 11.6 Å². The Kier molecular flexibility index (Phi) is 5.84. The average molecular weight is 307 g/mol. The van der Waals surface area contributed by atoms with E-state index in [1.54, 1.807) is 22.9 Å². The first-order valence-corrected chi connectivity index (χ1v) is 7.36. The number of ether oxygens (including phenoxy) is 1. The number of para-hydroxylation sites is 1. The summed E-state index contributed by atoms with van der Waals surface area (Å²) in [5, 5.41) is 3.84. The van der Waals surface area contributed by atoms with Crippen LogP contribution >= 0.6 is 11.6 Å². The number of hydrogen-bond donors (Lipinski definition) is 1. The first-order valence-electron chi connectivity index (χ1n) is 6.98. The van der Waals surface area contributed by atoms with Crippen LogP contribution in [-0.4, -0.2) is 17.7 Å². The first-order chi connectivity index (χ1) is 10.2. The number of nitrogens with one attached hydrogen (secondary N) is 1. The second kappa shape index (κ2) is 7.86. The zero-order chi connectivity index (χ0) is 15.1. The third-order valence-electron chi connectivity index (χ3n) is 3.09. The molecule has 0 bridgehead atoms. The van der Waals surface area contributed by atoms with Gasteiger partial charge in [-0.05, 0) is 18.7 Å². The van der Waals surface area contributed by atoms with Crippen LogP contribution in [0.4, 0.5) is 0 Å². The van der Waals surface area contributed by atoms with Gasteiger partial charge in [0, 0.05) is 24.4 Å². The number of rotatable bonds is 7. The van der Waals surface area contributed by atoms with Crippen LogP contribution in [0.1, 0.15) is 12.5 Å². The van der Waals surface area contributed by atoms with E-state index in [-0.39, 0.29) is 5.56 Å². The second-order valence-corrected chi connectivity index (χ2v) is 5.00. The lowest BCUT2D eigenvalue weighted by Crippen LogP contribution is -2.21. The predicted octanol–water partition coefficient (Wildman–Crippen LogP) is 2.69. The molecule has 0 saturated heterocycles. The Bertz CT molecular complexity index is 640. The lowest BCUT2D eigenvalue weighted by molar-refractivity contribution is 0.293. The number of halogens is 1. The smallest absolute Gasteiger partial charge is 0.250 e. The summed E-state index contributed by atoms with van der Waals surface area (Å²) < 4.78 is 7.40. The van der Waals surface area contributed by atoms with E-state index in [0.717, 1.165) is 12.1 Å². The van der Waals surface area contributed by atoms with E-state index in [4.69, 9.17) is 16.3 Å². The van der Waals surface area contributed by atoms with Gasteiger partial charge in [0.05, 0.1) is 11.6 Å². The van der Waals surface area contributed by atoms with E-state index in [0.29, 0.717) is 30.5 Å². The molecule has 1 aromatic carbocycles. The SMILES string of the molecule is CCNCc1cccc(Cl)c1OCCn1ccccc1=O. The van der Waals surface area contributed by atoms with E-state index in [2.05, 4.69) is 5.32 Å². The Morgan fingerprint density at radius 2 is 2.10 bits per heavy atom. The van der Waals surface area contributed by atoms with Crippen molar-refractivity contribution in [2.24, 2.45) is 0 Å². The van der Waals surface area contributed by atoms with Gasteiger partial charge in [0.2, 0.25) is 0 Å². The molecule has 2 rings (SSSR count). The van der Waals surface area contributed by atoms with Crippen molar-refractivity contribution in [1.82, 2.24) is 9.88 Å². The number of pyridine rings is 1. The lowest BCUT2D eigenvalue weighted by atomic mass is 10.2. The Morgan fingerprint density at radius 1 is 1.24 bits per heavy atom. The zero-order valence-electron chi connectivity index (χ0n) is 12.0. The summed E-state index contributed by atoms with van der Waals surface area (Å²) in [6, 6.07) is 10.8. The van der Waals surface area contributed by atoms with Crippen LogP contribution in [0.3, 0.4) is 0 Å². The molecule has 2 aromatic rings. The predicted molar refractivity (Wildman–Crippen MR) is 85.0 cm³/mol. The molecule has 112 valence electrons. The van der Waals surface area contributed by atoms with Gasteiger partial charge in [0.25, 0.3) is 5.56 Å². The molecule has 1 aromatic heterocycles. The molecule has 21 heavy (non-hydrogen) atoms. The number of nitrogens with zero attached hydrogens (tertiary/aromatic N) is 1. The topological polar surface area (TPSA) is 43.3 Å². The molecular weight excluding hydrogens is 288 g/mol. The maximum atomic E-state index is 11.6. The molecule has 0 saturated carbocycles. The van der Waals surface area contributed by atoms with Crippen LogP contribution in [0.15, 0.2) is 47.4 Å². The van der Waals surface area contributed by atoms with Crippen molar-refractivity contribution < 1.29 is 4.74 Å². The highest BCUT2D eigenvalue weighted by molar-refractivity contribution is 6.32. The molecule has 0 unspecified atom stereocenters. The van der Waals surface area contributed by atoms with Crippen LogP contribution in [0, 0.1) is 0 Å². The van der Waals surface area contributed by atoms with Crippen molar-refractivity contribution in [3.05, 3.63) is 63.5 Å². The van der Waals surface area contributed by atoms with Crippen molar-refractivity contribution in [2.75, 3.05) is 13.2 Å². The highest BCUT2D eigenvalue weighted by atomic mass is 35.5. The van der Waals surface area contributed by atoms with E-state index in [9.17, 15) is 4.79 Å². The molecule has 5 heteroatoms. The molecule has 0 fully saturated rings. The van der Waals surface area contributed by atoms with Gasteiger partial charge in [-0.1, -0.05) is 36.7 Å². The monoisotopic (exact) mass is 306 g/mol. The highest BCUT2D eigenvalue weighted by Crippen LogP contribution is 2.28. The minimum Gasteiger partial charge on any atom is -0.490 e. The van der Waals surface area contributed by atoms with Gasteiger partial charge in [0.1, 0.15) is 12.4 Å². The fourth-order valence-electron chi connectivity index (χ4n) is 2.01. The van der Waals surface area contributed by atoms with Crippen LogP contribution in [0.25, 0.3) is 0 Å². The molecular formula is C16H19ClN2O2. The maximum Gasteiger partial charge on any atom is 0.250 e. The van der Waals surface area contributed by atoms with Crippen LogP contribution < -0.4 is 15.6 Å². The molecule has 0 atom stereocenters. The largest absolute Gasteiger partial charge is 0.490 e. The normalized spacial score (nSPS) is 10.6. The molecule has 0 spiro atoms. The summed E-state index contributed by atoms with van der Waals surface area (Å²) in [5.41, 5.74) is 0.984. The minimum atomic E-state index is -0.0341. The Morgan fingerprint density at radius 3 is 2.86 bits per heavy atom. The van der Waals surface area contributed by atoms with Gasteiger partial charge in [0.15, 0.2) is 0 Å². The Labute approximate surface area is 129 Å². The maximum absolute atomic E-state index is 11.6. The van der Waals surface area contributed by atoms with Gasteiger partial charge >= 0.3 is 0 Å². The average Bonchev–Trinajstić information content (AvgIpc) is 2.49. The number of benzene rings is 1. The van der Waals surface area contributed by atoms with Gasteiger partial charge < -0.3 is 14.6 Å². The number of aromatic nitrogens is 1. The van der Waals surface area contributed by atoms with Crippen LogP contribution in [0.5, 0.6) is 5.75 Å². The summed E-state index contributed by atoms with van der Waals surface area (Å²) in [5.74, 6) is 0.684. The van der Waals surface area contributed by atoms with Crippen LogP contribution in [0.2, 0.25) is 5.02 Å². The summed E-state index contributed by atoms with van der Waals surface area (Å²) >= 11 is 6.20. The Balaban J connectivity index is 2.02. The first kappa shape index (κ1) is 15.6. The van der Waals surface area contributed by atoms with E-state index in [1.807, 2.05) is 25.1 Å². The fourth-order valence-corrected chi connectivity index (χ4v) is 2.25. The molecule has 0 amide bonds. The lowest BCUT2D eigenvalue weighted by Gasteiger charge is -2.14. The van der Waals surface area contributed by atoms with Crippen LogP contribution in [-0.2, 0) is 13.1 Å². The molecule has 1 heterocycles. The summed E-state index contributed by atoms with van der Waals surface area (Å²) in [6.07, 6.45) is 1.75. The quantitative estimate of drug-likeness (QED) is 0.855.